The normalized spacial score (nSPS) is 18.3. The number of halogens is 1. The minimum Gasteiger partial charge on any atom is -0.370 e. The number of ether oxygens (including phenoxy) is 1. The van der Waals surface area contributed by atoms with Gasteiger partial charge in [0, 0.05) is 17.7 Å². The number of hydrogen-bond donors (Lipinski definition) is 0. The SMILES string of the molecule is COC1(C(=O)c2ccc(C)c(Cl)c2)CCCC1. The molecule has 0 bridgehead atoms. The standard InChI is InChI=1S/C14H17ClO2/c1-10-5-6-11(9-12(10)15)13(16)14(17-2)7-3-4-8-14/h5-6,9H,3-4,7-8H2,1-2H3. The topological polar surface area (TPSA) is 26.3 Å². The zero-order valence-electron chi connectivity index (χ0n) is 10.3. The van der Waals surface area contributed by atoms with Gasteiger partial charge in [-0.25, -0.2) is 0 Å². The van der Waals surface area contributed by atoms with Crippen molar-refractivity contribution in [2.75, 3.05) is 7.11 Å². The van der Waals surface area contributed by atoms with E-state index < -0.39 is 5.60 Å². The van der Waals surface area contributed by atoms with Crippen molar-refractivity contribution in [3.05, 3.63) is 34.3 Å². The molecule has 92 valence electrons. The van der Waals surface area contributed by atoms with E-state index in [0.29, 0.717) is 10.6 Å². The van der Waals surface area contributed by atoms with Crippen LogP contribution >= 0.6 is 11.6 Å². The molecule has 0 unspecified atom stereocenters. The van der Waals surface area contributed by atoms with Crippen molar-refractivity contribution in [1.29, 1.82) is 0 Å². The van der Waals surface area contributed by atoms with Crippen LogP contribution in [0, 0.1) is 6.92 Å². The summed E-state index contributed by atoms with van der Waals surface area (Å²) in [5.41, 5.74) is 1.03. The van der Waals surface area contributed by atoms with E-state index >= 15 is 0 Å². The molecule has 3 heteroatoms. The average Bonchev–Trinajstić information content (AvgIpc) is 2.81. The Morgan fingerprint density at radius 2 is 2.00 bits per heavy atom. The molecular weight excluding hydrogens is 236 g/mol. The molecule has 0 heterocycles. The molecule has 0 N–H and O–H groups in total. The molecule has 17 heavy (non-hydrogen) atoms. The first-order chi connectivity index (χ1) is 8.09. The zero-order valence-corrected chi connectivity index (χ0v) is 11.0. The highest BCUT2D eigenvalue weighted by Crippen LogP contribution is 2.36. The van der Waals surface area contributed by atoms with Crippen molar-refractivity contribution in [1.82, 2.24) is 0 Å². The monoisotopic (exact) mass is 252 g/mol. The fourth-order valence-electron chi connectivity index (χ4n) is 2.47. The highest BCUT2D eigenvalue weighted by atomic mass is 35.5. The second-order valence-corrected chi connectivity index (χ2v) is 5.11. The third-order valence-electron chi connectivity index (χ3n) is 3.65. The molecule has 0 spiro atoms. The number of ketones is 1. The predicted octanol–water partition coefficient (Wildman–Crippen LogP) is 3.79. The number of hydrogen-bond acceptors (Lipinski definition) is 2. The average molecular weight is 253 g/mol. The van der Waals surface area contributed by atoms with Crippen LogP contribution in [0.1, 0.15) is 41.6 Å². The Kier molecular flexibility index (Phi) is 3.55. The van der Waals surface area contributed by atoms with E-state index in [1.54, 1.807) is 13.2 Å². The zero-order chi connectivity index (χ0) is 12.5. The van der Waals surface area contributed by atoms with Crippen LogP contribution in [-0.2, 0) is 4.74 Å². The Morgan fingerprint density at radius 3 is 2.53 bits per heavy atom. The van der Waals surface area contributed by atoms with Crippen molar-refractivity contribution >= 4 is 17.4 Å². The second kappa shape index (κ2) is 4.79. The number of methoxy groups -OCH3 is 1. The van der Waals surface area contributed by atoms with Crippen molar-refractivity contribution in [2.24, 2.45) is 0 Å². The molecule has 1 aliphatic carbocycles. The van der Waals surface area contributed by atoms with Gasteiger partial charge >= 0.3 is 0 Å². The first kappa shape index (κ1) is 12.6. The van der Waals surface area contributed by atoms with Crippen LogP contribution in [0.4, 0.5) is 0 Å². The first-order valence-corrected chi connectivity index (χ1v) is 6.33. The van der Waals surface area contributed by atoms with Crippen LogP contribution in [0.3, 0.4) is 0 Å². The fraction of sp³-hybridized carbons (Fsp3) is 0.500. The summed E-state index contributed by atoms with van der Waals surface area (Å²) >= 11 is 6.06. The largest absolute Gasteiger partial charge is 0.370 e. The number of aryl methyl sites for hydroxylation is 1. The molecule has 0 atom stereocenters. The van der Waals surface area contributed by atoms with Crippen molar-refractivity contribution < 1.29 is 9.53 Å². The van der Waals surface area contributed by atoms with Gasteiger partial charge < -0.3 is 4.74 Å². The van der Waals surface area contributed by atoms with Crippen LogP contribution in [0.25, 0.3) is 0 Å². The van der Waals surface area contributed by atoms with Crippen LogP contribution in [0.2, 0.25) is 5.02 Å². The van der Waals surface area contributed by atoms with E-state index in [-0.39, 0.29) is 5.78 Å². The van der Waals surface area contributed by atoms with E-state index in [1.165, 1.54) is 0 Å². The highest BCUT2D eigenvalue weighted by molar-refractivity contribution is 6.31. The van der Waals surface area contributed by atoms with E-state index in [9.17, 15) is 4.79 Å². The molecule has 1 fully saturated rings. The van der Waals surface area contributed by atoms with Crippen molar-refractivity contribution in [2.45, 2.75) is 38.2 Å². The Balaban J connectivity index is 2.32. The van der Waals surface area contributed by atoms with Gasteiger partial charge in [-0.15, -0.1) is 0 Å². The highest BCUT2D eigenvalue weighted by Gasteiger charge is 2.41. The number of Topliss-reactive ketones (excluding diaryl/α,β-unsaturated/α-hetero) is 1. The quantitative estimate of drug-likeness (QED) is 0.765. The summed E-state index contributed by atoms with van der Waals surface area (Å²) < 4.78 is 5.49. The Hall–Kier alpha value is -0.860. The number of carbonyl (C=O) groups excluding carboxylic acids is 1. The molecule has 0 aliphatic heterocycles. The van der Waals surface area contributed by atoms with Gasteiger partial charge in [0.1, 0.15) is 5.60 Å². The summed E-state index contributed by atoms with van der Waals surface area (Å²) in [5.74, 6) is 0.0689. The van der Waals surface area contributed by atoms with Gasteiger partial charge in [0.2, 0.25) is 0 Å². The molecule has 1 aromatic carbocycles. The maximum atomic E-state index is 12.5. The Bertz CT molecular complexity index is 434. The molecule has 1 aliphatic rings. The molecule has 1 saturated carbocycles. The summed E-state index contributed by atoms with van der Waals surface area (Å²) in [6.45, 7) is 1.93. The lowest BCUT2D eigenvalue weighted by Crippen LogP contribution is -2.37. The molecule has 0 saturated heterocycles. The third-order valence-corrected chi connectivity index (χ3v) is 4.06. The minimum atomic E-state index is -0.613. The lowest BCUT2D eigenvalue weighted by atomic mass is 9.90. The van der Waals surface area contributed by atoms with E-state index in [1.807, 2.05) is 19.1 Å². The molecule has 1 aromatic rings. The molecule has 0 amide bonds. The Morgan fingerprint density at radius 1 is 1.35 bits per heavy atom. The van der Waals surface area contributed by atoms with Crippen LogP contribution in [-0.4, -0.2) is 18.5 Å². The summed E-state index contributed by atoms with van der Waals surface area (Å²) in [5, 5.41) is 0.639. The maximum absolute atomic E-state index is 12.5. The summed E-state index contributed by atoms with van der Waals surface area (Å²) in [4.78, 5) is 12.5. The molecule has 0 radical (unpaired) electrons. The number of carbonyl (C=O) groups is 1. The predicted molar refractivity (Wildman–Crippen MR) is 68.7 cm³/mol. The lowest BCUT2D eigenvalue weighted by molar-refractivity contribution is 0.00602. The smallest absolute Gasteiger partial charge is 0.194 e. The maximum Gasteiger partial charge on any atom is 0.194 e. The van der Waals surface area contributed by atoms with Gasteiger partial charge in [-0.2, -0.15) is 0 Å². The van der Waals surface area contributed by atoms with Crippen molar-refractivity contribution in [3.63, 3.8) is 0 Å². The van der Waals surface area contributed by atoms with Crippen molar-refractivity contribution in [3.8, 4) is 0 Å². The van der Waals surface area contributed by atoms with Crippen LogP contribution in [0.15, 0.2) is 18.2 Å². The third kappa shape index (κ3) is 2.24. The van der Waals surface area contributed by atoms with Crippen LogP contribution in [0.5, 0.6) is 0 Å². The number of benzene rings is 1. The first-order valence-electron chi connectivity index (χ1n) is 5.95. The van der Waals surface area contributed by atoms with Gasteiger partial charge in [-0.3, -0.25) is 4.79 Å². The molecule has 2 nitrogen and oxygen atoms in total. The summed E-state index contributed by atoms with van der Waals surface area (Å²) in [6, 6.07) is 5.47. The summed E-state index contributed by atoms with van der Waals surface area (Å²) in [7, 11) is 1.62. The molecular formula is C14H17ClO2. The van der Waals surface area contributed by atoms with Gasteiger partial charge in [-0.05, 0) is 44.2 Å². The van der Waals surface area contributed by atoms with Gasteiger partial charge in [0.05, 0.1) is 0 Å². The van der Waals surface area contributed by atoms with Crippen LogP contribution < -0.4 is 0 Å². The fourth-order valence-corrected chi connectivity index (χ4v) is 2.65. The Labute approximate surface area is 107 Å². The van der Waals surface area contributed by atoms with E-state index in [2.05, 4.69) is 0 Å². The minimum absolute atomic E-state index is 0.0689. The number of rotatable bonds is 3. The molecule has 0 aromatic heterocycles. The molecule has 2 rings (SSSR count). The van der Waals surface area contributed by atoms with Gasteiger partial charge in [-0.1, -0.05) is 23.7 Å². The van der Waals surface area contributed by atoms with E-state index in [0.717, 1.165) is 31.2 Å². The van der Waals surface area contributed by atoms with E-state index in [4.69, 9.17) is 16.3 Å². The van der Waals surface area contributed by atoms with Gasteiger partial charge in [0.15, 0.2) is 5.78 Å². The lowest BCUT2D eigenvalue weighted by Gasteiger charge is -2.25. The summed E-state index contributed by atoms with van der Waals surface area (Å²) in [6.07, 6.45) is 3.74. The van der Waals surface area contributed by atoms with Gasteiger partial charge in [0.25, 0.3) is 0 Å². The second-order valence-electron chi connectivity index (χ2n) is 4.70.